The fourth-order valence-corrected chi connectivity index (χ4v) is 0.160. The Balaban J connectivity index is 2.56. The Hall–Kier alpha value is -0.570. The predicted molar refractivity (Wildman–Crippen MR) is 23.2 cm³/mol. The van der Waals surface area contributed by atoms with Gasteiger partial charge in [0.25, 0.3) is 6.47 Å². The highest BCUT2D eigenvalue weighted by atomic mass is 16.5. The van der Waals surface area contributed by atoms with E-state index in [0.717, 1.165) is 0 Å². The number of aliphatic hydroxyl groups excluding tert-OH is 1. The fourth-order valence-electron chi connectivity index (χ4n) is 0.160. The highest BCUT2D eigenvalue weighted by Gasteiger charge is 1.80. The maximum absolute atomic E-state index is 9.34. The molecule has 0 amide bonds. The monoisotopic (exact) mass is 103 g/mol. The van der Waals surface area contributed by atoms with Crippen molar-refractivity contribution in [2.24, 2.45) is 0 Å². The van der Waals surface area contributed by atoms with Crippen molar-refractivity contribution in [3.05, 3.63) is 6.61 Å². The largest absolute Gasteiger partial charge is 0.461 e. The van der Waals surface area contributed by atoms with Gasteiger partial charge in [-0.3, -0.25) is 4.79 Å². The molecule has 1 N–H and O–H groups in total. The third-order valence-electron chi connectivity index (χ3n) is 0.399. The van der Waals surface area contributed by atoms with Gasteiger partial charge < -0.3 is 9.84 Å². The van der Waals surface area contributed by atoms with Crippen molar-refractivity contribution in [3.8, 4) is 0 Å². The van der Waals surface area contributed by atoms with E-state index >= 15 is 0 Å². The number of ether oxygens (including phenoxy) is 1. The lowest BCUT2D eigenvalue weighted by Gasteiger charge is -1.89. The van der Waals surface area contributed by atoms with E-state index in [-0.39, 0.29) is 6.61 Å². The van der Waals surface area contributed by atoms with E-state index < -0.39 is 0 Å². The average Bonchev–Trinajstić information content (AvgIpc) is 1.69. The molecule has 0 heterocycles. The summed E-state index contributed by atoms with van der Waals surface area (Å²) in [6.45, 7) is 1.58. The van der Waals surface area contributed by atoms with Crippen LogP contribution in [0.3, 0.4) is 0 Å². The number of carbonyl (C=O) groups excluding carboxylic acids is 1. The van der Waals surface area contributed by atoms with Crippen molar-refractivity contribution in [1.29, 1.82) is 0 Å². The van der Waals surface area contributed by atoms with Crippen LogP contribution in [0.4, 0.5) is 0 Å². The van der Waals surface area contributed by atoms with Crippen LogP contribution in [0.5, 0.6) is 0 Å². The lowest BCUT2D eigenvalue weighted by atomic mass is 10.5. The van der Waals surface area contributed by atoms with Gasteiger partial charge in [0, 0.05) is 13.0 Å². The van der Waals surface area contributed by atoms with Gasteiger partial charge in [-0.15, -0.1) is 0 Å². The summed E-state index contributed by atoms with van der Waals surface area (Å²) in [4.78, 5) is 9.34. The predicted octanol–water partition coefficient (Wildman–Crippen LogP) is -0.296. The summed E-state index contributed by atoms with van der Waals surface area (Å²) < 4.78 is 4.11. The minimum atomic E-state index is 0.0217. The molecule has 0 aromatic heterocycles. The van der Waals surface area contributed by atoms with Crippen LogP contribution < -0.4 is 0 Å². The number of hydrogen-bond donors (Lipinski definition) is 1. The van der Waals surface area contributed by atoms with Crippen LogP contribution in [0.1, 0.15) is 6.42 Å². The summed E-state index contributed by atoms with van der Waals surface area (Å²) in [5, 5.41) is 8.07. The normalized spacial score (nSPS) is 8.14. The van der Waals surface area contributed by atoms with Crippen molar-refractivity contribution in [2.45, 2.75) is 6.42 Å². The summed E-state index contributed by atoms with van der Waals surface area (Å²) in [6, 6.07) is 0. The maximum Gasteiger partial charge on any atom is 0.293 e. The summed E-state index contributed by atoms with van der Waals surface area (Å²) >= 11 is 0. The minimum absolute atomic E-state index is 0.0217. The zero-order valence-corrected chi connectivity index (χ0v) is 3.83. The van der Waals surface area contributed by atoms with E-state index in [9.17, 15) is 4.79 Å². The molecule has 0 saturated carbocycles. The molecule has 0 aromatic carbocycles. The first-order valence-electron chi connectivity index (χ1n) is 1.93. The molecule has 0 aliphatic carbocycles. The fraction of sp³-hybridized carbons (Fsp3) is 0.500. The van der Waals surface area contributed by atoms with Crippen LogP contribution in [0.15, 0.2) is 0 Å². The Morgan fingerprint density at radius 3 is 2.86 bits per heavy atom. The Kier molecular flexibility index (Phi) is 4.99. The van der Waals surface area contributed by atoms with Crippen LogP contribution in [-0.2, 0) is 9.53 Å². The molecule has 3 heteroatoms. The number of hydrogen-bond acceptors (Lipinski definition) is 3. The van der Waals surface area contributed by atoms with E-state index in [4.69, 9.17) is 5.11 Å². The second-order valence-corrected chi connectivity index (χ2v) is 0.911. The molecular weight excluding hydrogens is 96.0 g/mol. The lowest BCUT2D eigenvalue weighted by Crippen LogP contribution is -1.86. The van der Waals surface area contributed by atoms with Crippen LogP contribution >= 0.6 is 0 Å². The number of aliphatic hydroxyl groups is 1. The molecule has 0 aliphatic rings. The standard InChI is InChI=1S/C4H7O3/c5-2-1-3-7-4-6/h3-5H,1-2H2. The molecule has 0 atom stereocenters. The highest BCUT2D eigenvalue weighted by Crippen LogP contribution is 1.81. The Morgan fingerprint density at radius 1 is 1.71 bits per heavy atom. The summed E-state index contributed by atoms with van der Waals surface area (Å²) in [7, 11) is 0. The smallest absolute Gasteiger partial charge is 0.293 e. The van der Waals surface area contributed by atoms with Crippen LogP contribution in [0.25, 0.3) is 0 Å². The average molecular weight is 103 g/mol. The Labute approximate surface area is 41.9 Å². The zero-order valence-electron chi connectivity index (χ0n) is 3.83. The van der Waals surface area contributed by atoms with Crippen LogP contribution in [-0.4, -0.2) is 18.2 Å². The molecule has 0 bridgehead atoms. The van der Waals surface area contributed by atoms with Gasteiger partial charge in [0.2, 0.25) is 0 Å². The number of carbonyl (C=O) groups is 1. The van der Waals surface area contributed by atoms with Crippen LogP contribution in [0.2, 0.25) is 0 Å². The van der Waals surface area contributed by atoms with Crippen molar-refractivity contribution in [1.82, 2.24) is 0 Å². The SMILES string of the molecule is O=CO[CH]CCO. The summed E-state index contributed by atoms with van der Waals surface area (Å²) in [5.74, 6) is 0. The third kappa shape index (κ3) is 5.43. The minimum Gasteiger partial charge on any atom is -0.461 e. The zero-order chi connectivity index (χ0) is 5.54. The molecule has 0 aromatic rings. The van der Waals surface area contributed by atoms with E-state index in [0.29, 0.717) is 12.9 Å². The molecular formula is C4H7O3. The first-order valence-corrected chi connectivity index (χ1v) is 1.93. The van der Waals surface area contributed by atoms with Crippen molar-refractivity contribution in [2.75, 3.05) is 6.61 Å². The maximum atomic E-state index is 9.34. The van der Waals surface area contributed by atoms with Gasteiger partial charge in [-0.05, 0) is 0 Å². The Morgan fingerprint density at radius 2 is 2.43 bits per heavy atom. The van der Waals surface area contributed by atoms with Crippen LogP contribution in [0, 0.1) is 6.61 Å². The quantitative estimate of drug-likeness (QED) is 0.392. The van der Waals surface area contributed by atoms with E-state index in [1.807, 2.05) is 0 Å². The summed E-state index contributed by atoms with van der Waals surface area (Å²) in [5.41, 5.74) is 0. The molecule has 1 radical (unpaired) electrons. The Bertz CT molecular complexity index is 44.2. The van der Waals surface area contributed by atoms with Crippen molar-refractivity contribution < 1.29 is 14.6 Å². The second-order valence-electron chi connectivity index (χ2n) is 0.911. The summed E-state index contributed by atoms with van der Waals surface area (Å²) in [6.07, 6.45) is 0.402. The lowest BCUT2D eigenvalue weighted by molar-refractivity contribution is -0.125. The molecule has 0 aliphatic heterocycles. The van der Waals surface area contributed by atoms with E-state index in [1.54, 1.807) is 0 Å². The van der Waals surface area contributed by atoms with Gasteiger partial charge in [-0.1, -0.05) is 0 Å². The molecule has 3 nitrogen and oxygen atoms in total. The molecule has 0 unspecified atom stereocenters. The molecule has 0 spiro atoms. The first kappa shape index (κ1) is 6.43. The van der Waals surface area contributed by atoms with E-state index in [2.05, 4.69) is 4.74 Å². The first-order chi connectivity index (χ1) is 3.41. The third-order valence-corrected chi connectivity index (χ3v) is 0.399. The molecule has 0 fully saturated rings. The van der Waals surface area contributed by atoms with Gasteiger partial charge in [0.15, 0.2) is 0 Å². The van der Waals surface area contributed by atoms with Crippen molar-refractivity contribution in [3.63, 3.8) is 0 Å². The van der Waals surface area contributed by atoms with Gasteiger partial charge in [-0.2, -0.15) is 0 Å². The molecule has 7 heavy (non-hydrogen) atoms. The van der Waals surface area contributed by atoms with Gasteiger partial charge in [-0.25, -0.2) is 0 Å². The second kappa shape index (κ2) is 5.43. The van der Waals surface area contributed by atoms with E-state index in [1.165, 1.54) is 6.61 Å². The highest BCUT2D eigenvalue weighted by molar-refractivity contribution is 5.37. The van der Waals surface area contributed by atoms with Crippen molar-refractivity contribution >= 4 is 6.47 Å². The topological polar surface area (TPSA) is 46.5 Å². The molecule has 41 valence electrons. The van der Waals surface area contributed by atoms with Gasteiger partial charge >= 0.3 is 0 Å². The van der Waals surface area contributed by atoms with Gasteiger partial charge in [0.1, 0.15) is 6.61 Å². The molecule has 0 saturated heterocycles. The number of rotatable bonds is 4. The molecule has 0 rings (SSSR count). The van der Waals surface area contributed by atoms with Gasteiger partial charge in [0.05, 0.1) is 0 Å².